The number of rotatable bonds is 3. The van der Waals surface area contributed by atoms with Gasteiger partial charge < -0.3 is 14.8 Å². The van der Waals surface area contributed by atoms with Crippen molar-refractivity contribution in [2.75, 3.05) is 12.1 Å². The van der Waals surface area contributed by atoms with Crippen molar-refractivity contribution in [3.05, 3.63) is 46.1 Å². The third-order valence-electron chi connectivity index (χ3n) is 3.09. The highest BCUT2D eigenvalue weighted by Crippen LogP contribution is 2.34. The van der Waals surface area contributed by atoms with Crippen molar-refractivity contribution in [2.24, 2.45) is 0 Å². The molecule has 2 N–H and O–H groups in total. The van der Waals surface area contributed by atoms with Crippen LogP contribution in [0.1, 0.15) is 0 Å². The number of ether oxygens (including phenoxy) is 2. The summed E-state index contributed by atoms with van der Waals surface area (Å²) in [6.45, 7) is 0.213. The molecule has 0 fully saturated rings. The Bertz CT molecular complexity index is 876. The molecule has 2 aromatic heterocycles. The van der Waals surface area contributed by atoms with E-state index in [9.17, 15) is 4.79 Å². The molecule has 4 rings (SSSR count). The fraction of sp³-hybridized carbons (Fsp3) is 0.0714. The first-order chi connectivity index (χ1) is 10.8. The highest BCUT2D eigenvalue weighted by molar-refractivity contribution is 7.13. The first-order valence-corrected chi connectivity index (χ1v) is 7.35. The highest BCUT2D eigenvalue weighted by Gasteiger charge is 2.14. The van der Waals surface area contributed by atoms with Crippen LogP contribution in [0.25, 0.3) is 10.6 Å². The minimum atomic E-state index is -0.291. The number of hydrogen-bond donors (Lipinski definition) is 2. The van der Waals surface area contributed by atoms with Crippen LogP contribution in [-0.2, 0) is 0 Å². The largest absolute Gasteiger partial charge is 0.454 e. The molecule has 0 spiro atoms. The Morgan fingerprint density at radius 1 is 1.18 bits per heavy atom. The molecule has 1 aliphatic heterocycles. The SMILES string of the molecule is O=c1[nH]c(Nc2ccc3c(c2)OCO3)nnc1-c1cccs1. The van der Waals surface area contributed by atoms with E-state index in [1.165, 1.54) is 11.3 Å². The number of anilines is 2. The van der Waals surface area contributed by atoms with Gasteiger partial charge in [0.2, 0.25) is 12.7 Å². The average Bonchev–Trinajstić information content (AvgIpc) is 3.18. The molecule has 0 atom stereocenters. The van der Waals surface area contributed by atoms with Crippen LogP contribution >= 0.6 is 11.3 Å². The predicted molar refractivity (Wildman–Crippen MR) is 81.8 cm³/mol. The van der Waals surface area contributed by atoms with Gasteiger partial charge in [-0.1, -0.05) is 6.07 Å². The molecule has 0 saturated heterocycles. The topological polar surface area (TPSA) is 89.1 Å². The molecule has 0 bridgehead atoms. The second-order valence-electron chi connectivity index (χ2n) is 4.52. The zero-order chi connectivity index (χ0) is 14.9. The smallest absolute Gasteiger partial charge is 0.280 e. The van der Waals surface area contributed by atoms with Gasteiger partial charge in [0.15, 0.2) is 17.2 Å². The Labute approximate surface area is 128 Å². The van der Waals surface area contributed by atoms with Gasteiger partial charge in [-0.05, 0) is 23.6 Å². The average molecular weight is 314 g/mol. The lowest BCUT2D eigenvalue weighted by molar-refractivity contribution is 0.174. The quantitative estimate of drug-likeness (QED) is 0.771. The fourth-order valence-electron chi connectivity index (χ4n) is 2.08. The van der Waals surface area contributed by atoms with E-state index in [0.717, 1.165) is 10.6 Å². The number of thiophene rings is 1. The van der Waals surface area contributed by atoms with Crippen LogP contribution < -0.4 is 20.3 Å². The van der Waals surface area contributed by atoms with Gasteiger partial charge in [0.25, 0.3) is 5.56 Å². The first-order valence-electron chi connectivity index (χ1n) is 6.47. The summed E-state index contributed by atoms with van der Waals surface area (Å²) in [4.78, 5) is 15.5. The van der Waals surface area contributed by atoms with Crippen molar-refractivity contribution < 1.29 is 9.47 Å². The first kappa shape index (κ1) is 12.8. The zero-order valence-corrected chi connectivity index (χ0v) is 12.0. The summed E-state index contributed by atoms with van der Waals surface area (Å²) in [6.07, 6.45) is 0. The number of fused-ring (bicyclic) bond motifs is 1. The predicted octanol–water partition coefficient (Wildman–Crippen LogP) is 2.37. The molecule has 0 unspecified atom stereocenters. The molecule has 1 aromatic carbocycles. The van der Waals surface area contributed by atoms with Gasteiger partial charge in [-0.2, -0.15) is 0 Å². The molecule has 8 heteroatoms. The zero-order valence-electron chi connectivity index (χ0n) is 11.2. The molecule has 3 aromatic rings. The van der Waals surface area contributed by atoms with E-state index in [1.807, 2.05) is 17.5 Å². The molecule has 0 saturated carbocycles. The van der Waals surface area contributed by atoms with Crippen molar-refractivity contribution in [2.45, 2.75) is 0 Å². The summed E-state index contributed by atoms with van der Waals surface area (Å²) in [6, 6.07) is 9.06. The summed E-state index contributed by atoms with van der Waals surface area (Å²) in [5.41, 5.74) is 0.741. The Hall–Kier alpha value is -2.87. The lowest BCUT2D eigenvalue weighted by atomic mass is 10.3. The van der Waals surface area contributed by atoms with Crippen LogP contribution in [0.15, 0.2) is 40.5 Å². The van der Waals surface area contributed by atoms with Crippen molar-refractivity contribution in [1.82, 2.24) is 15.2 Å². The molecule has 0 amide bonds. The second kappa shape index (κ2) is 5.15. The number of nitrogens with zero attached hydrogens (tertiary/aromatic N) is 2. The van der Waals surface area contributed by atoms with Gasteiger partial charge in [-0.15, -0.1) is 21.5 Å². The summed E-state index contributed by atoms with van der Waals surface area (Å²) >= 11 is 1.44. The van der Waals surface area contributed by atoms with Crippen LogP contribution in [0.4, 0.5) is 11.6 Å². The summed E-state index contributed by atoms with van der Waals surface area (Å²) < 4.78 is 10.5. The molecule has 7 nitrogen and oxygen atoms in total. The third-order valence-corrected chi connectivity index (χ3v) is 3.96. The monoisotopic (exact) mass is 314 g/mol. The van der Waals surface area contributed by atoms with Gasteiger partial charge in [-0.25, -0.2) is 0 Å². The number of benzene rings is 1. The number of H-pyrrole nitrogens is 1. The van der Waals surface area contributed by atoms with Gasteiger partial charge in [0, 0.05) is 11.8 Å². The van der Waals surface area contributed by atoms with Gasteiger partial charge in [-0.3, -0.25) is 9.78 Å². The van der Waals surface area contributed by atoms with Gasteiger partial charge in [0.05, 0.1) is 4.88 Å². The number of nitrogens with one attached hydrogen (secondary N) is 2. The molecule has 1 aliphatic rings. The van der Waals surface area contributed by atoms with E-state index >= 15 is 0 Å². The molecular weight excluding hydrogens is 304 g/mol. The van der Waals surface area contributed by atoms with Crippen LogP contribution in [0.2, 0.25) is 0 Å². The van der Waals surface area contributed by atoms with Crippen LogP contribution in [0.3, 0.4) is 0 Å². The lowest BCUT2D eigenvalue weighted by Gasteiger charge is -2.05. The molecule has 110 valence electrons. The molecule has 22 heavy (non-hydrogen) atoms. The summed E-state index contributed by atoms with van der Waals surface area (Å²) in [5, 5.41) is 12.9. The number of aromatic nitrogens is 3. The normalized spacial score (nSPS) is 12.4. The van der Waals surface area contributed by atoms with Gasteiger partial charge >= 0.3 is 0 Å². The maximum Gasteiger partial charge on any atom is 0.280 e. The van der Waals surface area contributed by atoms with E-state index in [-0.39, 0.29) is 18.3 Å². The molecule has 0 aliphatic carbocycles. The number of hydrogen-bond acceptors (Lipinski definition) is 7. The van der Waals surface area contributed by atoms with Crippen molar-refractivity contribution in [3.8, 4) is 22.1 Å². The molecule has 0 radical (unpaired) electrons. The lowest BCUT2D eigenvalue weighted by Crippen LogP contribution is -2.15. The summed E-state index contributed by atoms with van der Waals surface area (Å²) in [7, 11) is 0. The number of aromatic amines is 1. The van der Waals surface area contributed by atoms with Crippen LogP contribution in [0.5, 0.6) is 11.5 Å². The van der Waals surface area contributed by atoms with E-state index < -0.39 is 0 Å². The molecule has 3 heterocycles. The molecular formula is C14H10N4O3S. The Kier molecular flexibility index (Phi) is 3.01. The maximum atomic E-state index is 12.1. The minimum Gasteiger partial charge on any atom is -0.454 e. The maximum absolute atomic E-state index is 12.1. The van der Waals surface area contributed by atoms with Crippen molar-refractivity contribution in [3.63, 3.8) is 0 Å². The van der Waals surface area contributed by atoms with Crippen LogP contribution in [0, 0.1) is 0 Å². The van der Waals surface area contributed by atoms with E-state index in [4.69, 9.17) is 9.47 Å². The van der Waals surface area contributed by atoms with Crippen molar-refractivity contribution >= 4 is 23.0 Å². The van der Waals surface area contributed by atoms with E-state index in [1.54, 1.807) is 18.2 Å². The van der Waals surface area contributed by atoms with Crippen molar-refractivity contribution in [1.29, 1.82) is 0 Å². The third kappa shape index (κ3) is 2.29. The van der Waals surface area contributed by atoms with Gasteiger partial charge in [0.1, 0.15) is 0 Å². The summed E-state index contributed by atoms with van der Waals surface area (Å²) in [5.74, 6) is 1.61. The standard InChI is InChI=1S/C14H10N4O3S/c19-13-12(11-2-1-5-22-11)17-18-14(16-13)15-8-3-4-9-10(6-8)21-7-20-9/h1-6H,7H2,(H2,15,16,18,19). The van der Waals surface area contributed by atoms with E-state index in [2.05, 4.69) is 20.5 Å². The highest BCUT2D eigenvalue weighted by atomic mass is 32.1. The Balaban J connectivity index is 1.61. The Morgan fingerprint density at radius 3 is 2.91 bits per heavy atom. The van der Waals surface area contributed by atoms with Crippen LogP contribution in [-0.4, -0.2) is 22.0 Å². The fourth-order valence-corrected chi connectivity index (χ4v) is 2.78. The van der Waals surface area contributed by atoms with E-state index in [0.29, 0.717) is 17.2 Å². The second-order valence-corrected chi connectivity index (χ2v) is 5.47. The minimum absolute atomic E-state index is 0.213. The Morgan fingerprint density at radius 2 is 2.09 bits per heavy atom.